The average molecular weight is 233 g/mol. The van der Waals surface area contributed by atoms with Crippen molar-refractivity contribution in [3.05, 3.63) is 47.8 Å². The van der Waals surface area contributed by atoms with Crippen molar-refractivity contribution in [2.45, 2.75) is 19.9 Å². The molecule has 0 fully saturated rings. The first-order valence-electron chi connectivity index (χ1n) is 5.36. The van der Waals surface area contributed by atoms with E-state index in [2.05, 4.69) is 10.1 Å². The summed E-state index contributed by atoms with van der Waals surface area (Å²) in [6.07, 6.45) is 1.46. The second-order valence-electron chi connectivity index (χ2n) is 3.57. The summed E-state index contributed by atoms with van der Waals surface area (Å²) in [7, 11) is 0. The molecule has 0 spiro atoms. The quantitative estimate of drug-likeness (QED) is 0.757. The van der Waals surface area contributed by atoms with E-state index in [1.165, 1.54) is 18.5 Å². The van der Waals surface area contributed by atoms with Crippen LogP contribution < -0.4 is 0 Å². The zero-order valence-electron chi connectivity index (χ0n) is 9.43. The largest absolute Gasteiger partial charge is 0.294 e. The second-order valence-corrected chi connectivity index (χ2v) is 3.57. The Morgan fingerprint density at radius 1 is 1.41 bits per heavy atom. The summed E-state index contributed by atoms with van der Waals surface area (Å²) < 4.78 is 15.0. The number of Topliss-reactive ketones (excluding diaryl/α,β-unsaturated/α-hetero) is 1. The first-order valence-corrected chi connectivity index (χ1v) is 5.36. The summed E-state index contributed by atoms with van der Waals surface area (Å²) in [5, 5.41) is 3.96. The fourth-order valence-corrected chi connectivity index (χ4v) is 1.62. The van der Waals surface area contributed by atoms with Gasteiger partial charge in [0.15, 0.2) is 5.78 Å². The molecule has 88 valence electrons. The monoisotopic (exact) mass is 233 g/mol. The summed E-state index contributed by atoms with van der Waals surface area (Å²) in [6.45, 7) is 2.55. The molecule has 0 N–H and O–H groups in total. The molecule has 0 unspecified atom stereocenters. The highest BCUT2D eigenvalue weighted by Gasteiger charge is 2.14. The Hall–Kier alpha value is -2.04. The van der Waals surface area contributed by atoms with Crippen LogP contribution in [0.3, 0.4) is 0 Å². The number of hydrogen-bond donors (Lipinski definition) is 0. The number of hydrogen-bond acceptors (Lipinski definition) is 3. The van der Waals surface area contributed by atoms with E-state index in [0.717, 1.165) is 0 Å². The third-order valence-electron chi connectivity index (χ3n) is 2.49. The van der Waals surface area contributed by atoms with Crippen LogP contribution in [0.25, 0.3) is 0 Å². The topological polar surface area (TPSA) is 47.8 Å². The van der Waals surface area contributed by atoms with Crippen LogP contribution in [0, 0.1) is 5.82 Å². The third-order valence-corrected chi connectivity index (χ3v) is 2.49. The summed E-state index contributed by atoms with van der Waals surface area (Å²) >= 11 is 0. The molecule has 0 bridgehead atoms. The van der Waals surface area contributed by atoms with Gasteiger partial charge in [0.1, 0.15) is 18.0 Å². The lowest BCUT2D eigenvalue weighted by Gasteiger charge is -2.03. The van der Waals surface area contributed by atoms with E-state index in [0.29, 0.717) is 12.4 Å². The number of carbonyl (C=O) groups excluding carboxylic acids is 1. The average Bonchev–Trinajstić information content (AvgIpc) is 2.76. The highest BCUT2D eigenvalue weighted by molar-refractivity contribution is 5.97. The van der Waals surface area contributed by atoms with Crippen LogP contribution in [0.2, 0.25) is 0 Å². The van der Waals surface area contributed by atoms with Crippen molar-refractivity contribution in [3.63, 3.8) is 0 Å². The van der Waals surface area contributed by atoms with Gasteiger partial charge in [0.05, 0.1) is 12.0 Å². The normalized spacial score (nSPS) is 10.5. The smallest absolute Gasteiger partial charge is 0.173 e. The molecule has 1 heterocycles. The third kappa shape index (κ3) is 2.38. The molecule has 4 nitrogen and oxygen atoms in total. The number of nitrogens with zero attached hydrogens (tertiary/aromatic N) is 3. The van der Waals surface area contributed by atoms with Crippen molar-refractivity contribution in [1.82, 2.24) is 14.8 Å². The van der Waals surface area contributed by atoms with E-state index < -0.39 is 5.82 Å². The minimum atomic E-state index is -0.500. The van der Waals surface area contributed by atoms with E-state index in [9.17, 15) is 9.18 Å². The number of carbonyl (C=O) groups is 1. The maximum Gasteiger partial charge on any atom is 0.173 e. The van der Waals surface area contributed by atoms with Crippen LogP contribution in [0.5, 0.6) is 0 Å². The molecule has 0 aliphatic carbocycles. The molecule has 1 aromatic heterocycles. The van der Waals surface area contributed by atoms with Crippen molar-refractivity contribution in [3.8, 4) is 0 Å². The van der Waals surface area contributed by atoms with Gasteiger partial charge in [0.2, 0.25) is 0 Å². The van der Waals surface area contributed by atoms with Gasteiger partial charge in [-0.15, -0.1) is 0 Å². The van der Waals surface area contributed by atoms with Crippen LogP contribution in [0.1, 0.15) is 23.1 Å². The molecule has 2 aromatic rings. The fourth-order valence-electron chi connectivity index (χ4n) is 1.62. The highest BCUT2D eigenvalue weighted by atomic mass is 19.1. The first kappa shape index (κ1) is 11.4. The van der Waals surface area contributed by atoms with Crippen LogP contribution in [-0.2, 0) is 13.0 Å². The van der Waals surface area contributed by atoms with Gasteiger partial charge in [-0.25, -0.2) is 14.1 Å². The Morgan fingerprint density at radius 3 is 2.88 bits per heavy atom. The Bertz CT molecular complexity index is 536. The van der Waals surface area contributed by atoms with Crippen LogP contribution in [-0.4, -0.2) is 20.5 Å². The maximum absolute atomic E-state index is 13.4. The minimum Gasteiger partial charge on any atom is -0.294 e. The van der Waals surface area contributed by atoms with E-state index in [4.69, 9.17) is 0 Å². The molecule has 2 rings (SSSR count). The molecular formula is C12H12FN3O. The zero-order valence-corrected chi connectivity index (χ0v) is 9.43. The van der Waals surface area contributed by atoms with Crippen molar-refractivity contribution >= 4 is 5.78 Å². The molecule has 1 aromatic carbocycles. The van der Waals surface area contributed by atoms with Crippen LogP contribution in [0.4, 0.5) is 4.39 Å². The predicted molar refractivity (Wildman–Crippen MR) is 60.1 cm³/mol. The van der Waals surface area contributed by atoms with Gasteiger partial charge in [-0.3, -0.25) is 4.79 Å². The van der Waals surface area contributed by atoms with E-state index in [1.807, 2.05) is 6.92 Å². The molecule has 5 heteroatoms. The highest BCUT2D eigenvalue weighted by Crippen LogP contribution is 2.10. The van der Waals surface area contributed by atoms with Gasteiger partial charge in [-0.05, 0) is 19.1 Å². The van der Waals surface area contributed by atoms with Crippen LogP contribution in [0.15, 0.2) is 30.6 Å². The van der Waals surface area contributed by atoms with Gasteiger partial charge in [-0.1, -0.05) is 12.1 Å². The molecule has 0 saturated carbocycles. The van der Waals surface area contributed by atoms with Crippen molar-refractivity contribution in [1.29, 1.82) is 0 Å². The second kappa shape index (κ2) is 4.86. The Labute approximate surface area is 98.1 Å². The van der Waals surface area contributed by atoms with Crippen molar-refractivity contribution < 1.29 is 9.18 Å². The van der Waals surface area contributed by atoms with E-state index >= 15 is 0 Å². The van der Waals surface area contributed by atoms with Gasteiger partial charge < -0.3 is 0 Å². The van der Waals surface area contributed by atoms with Crippen molar-refractivity contribution in [2.24, 2.45) is 0 Å². The molecule has 17 heavy (non-hydrogen) atoms. The molecule has 0 aliphatic heterocycles. The number of halogens is 1. The van der Waals surface area contributed by atoms with Gasteiger partial charge >= 0.3 is 0 Å². The van der Waals surface area contributed by atoms with Gasteiger partial charge in [0, 0.05) is 6.54 Å². The Kier molecular flexibility index (Phi) is 3.27. The molecular weight excluding hydrogens is 221 g/mol. The maximum atomic E-state index is 13.4. The number of aryl methyl sites for hydroxylation is 1. The Balaban J connectivity index is 2.20. The van der Waals surface area contributed by atoms with Crippen LogP contribution >= 0.6 is 0 Å². The SMILES string of the molecule is CCn1ncnc1CC(=O)c1ccccc1F. The lowest BCUT2D eigenvalue weighted by atomic mass is 10.1. The number of aromatic nitrogens is 3. The summed E-state index contributed by atoms with van der Waals surface area (Å²) in [5.41, 5.74) is 0.0955. The fraction of sp³-hybridized carbons (Fsp3) is 0.250. The lowest BCUT2D eigenvalue weighted by molar-refractivity contribution is 0.0985. The van der Waals surface area contributed by atoms with Crippen molar-refractivity contribution in [2.75, 3.05) is 0 Å². The van der Waals surface area contributed by atoms with E-state index in [1.54, 1.807) is 16.8 Å². The summed E-state index contributed by atoms with van der Waals surface area (Å²) in [4.78, 5) is 15.9. The minimum absolute atomic E-state index is 0.0643. The zero-order chi connectivity index (χ0) is 12.3. The molecule has 0 radical (unpaired) electrons. The van der Waals surface area contributed by atoms with E-state index in [-0.39, 0.29) is 17.8 Å². The molecule has 0 saturated heterocycles. The molecule has 0 aliphatic rings. The lowest BCUT2D eigenvalue weighted by Crippen LogP contribution is -2.12. The van der Waals surface area contributed by atoms with Gasteiger partial charge in [-0.2, -0.15) is 5.10 Å². The molecule has 0 atom stereocenters. The standard InChI is InChI=1S/C12H12FN3O/c1-2-16-12(14-8-15-16)7-11(17)9-5-3-4-6-10(9)13/h3-6,8H,2,7H2,1H3. The Morgan fingerprint density at radius 2 is 2.18 bits per heavy atom. The number of ketones is 1. The van der Waals surface area contributed by atoms with Gasteiger partial charge in [0.25, 0.3) is 0 Å². The first-order chi connectivity index (χ1) is 8.22. The summed E-state index contributed by atoms with van der Waals surface area (Å²) in [6, 6.07) is 5.95. The summed E-state index contributed by atoms with van der Waals surface area (Å²) in [5.74, 6) is -0.230. The molecule has 0 amide bonds. The number of benzene rings is 1. The predicted octanol–water partition coefficient (Wildman–Crippen LogP) is 1.86. The number of rotatable bonds is 4.